The van der Waals surface area contributed by atoms with Crippen LogP contribution < -0.4 is 14.9 Å². The molecule has 5 nitrogen and oxygen atoms in total. The number of hydrogen-bond donors (Lipinski definition) is 1. The van der Waals surface area contributed by atoms with E-state index in [-0.39, 0.29) is 11.2 Å². The Morgan fingerprint density at radius 1 is 1.13 bits per heavy atom. The van der Waals surface area contributed by atoms with Gasteiger partial charge in [-0.3, -0.25) is 4.79 Å². The number of fused-ring (bicyclic) bond motifs is 1. The van der Waals surface area contributed by atoms with Crippen molar-refractivity contribution in [3.63, 3.8) is 0 Å². The van der Waals surface area contributed by atoms with Crippen LogP contribution in [0.3, 0.4) is 0 Å². The van der Waals surface area contributed by atoms with Gasteiger partial charge in [-0.1, -0.05) is 12.1 Å². The molecule has 118 valence electrons. The molecule has 1 heterocycles. The highest BCUT2D eigenvalue weighted by Crippen LogP contribution is 2.34. The molecule has 0 atom stereocenters. The van der Waals surface area contributed by atoms with Gasteiger partial charge in [0.05, 0.1) is 25.9 Å². The zero-order valence-electron chi connectivity index (χ0n) is 12.8. The minimum atomic E-state index is -0.129. The maximum absolute atomic E-state index is 12.7. The maximum atomic E-state index is 12.7. The SMILES string of the molecule is COc1ccc2c(=O)c(Cc3cccc(O)c3)coc2c1OC. The second-order valence-corrected chi connectivity index (χ2v) is 5.11. The molecule has 0 aliphatic rings. The van der Waals surface area contributed by atoms with E-state index >= 15 is 0 Å². The standard InChI is InChI=1S/C18H16O5/c1-21-15-7-6-14-16(20)12(10-23-17(14)18(15)22-2)8-11-4-3-5-13(19)9-11/h3-7,9-10,19H,8H2,1-2H3. The number of hydrogen-bond acceptors (Lipinski definition) is 5. The number of ether oxygens (including phenoxy) is 2. The van der Waals surface area contributed by atoms with Crippen molar-refractivity contribution >= 4 is 11.0 Å². The van der Waals surface area contributed by atoms with Crippen molar-refractivity contribution in [2.45, 2.75) is 6.42 Å². The van der Waals surface area contributed by atoms with Gasteiger partial charge >= 0.3 is 0 Å². The Hall–Kier alpha value is -2.95. The molecule has 0 aliphatic carbocycles. The van der Waals surface area contributed by atoms with Gasteiger partial charge < -0.3 is 19.0 Å². The van der Waals surface area contributed by atoms with Crippen molar-refractivity contribution in [2.75, 3.05) is 14.2 Å². The van der Waals surface area contributed by atoms with Gasteiger partial charge in [-0.25, -0.2) is 0 Å². The molecule has 5 heteroatoms. The lowest BCUT2D eigenvalue weighted by Gasteiger charge is -2.10. The van der Waals surface area contributed by atoms with E-state index in [4.69, 9.17) is 13.9 Å². The van der Waals surface area contributed by atoms with Gasteiger partial charge in [0, 0.05) is 12.0 Å². The summed E-state index contributed by atoms with van der Waals surface area (Å²) in [5.74, 6) is 1.06. The van der Waals surface area contributed by atoms with Crippen molar-refractivity contribution in [1.82, 2.24) is 0 Å². The molecule has 0 radical (unpaired) electrons. The van der Waals surface area contributed by atoms with Crippen LogP contribution in [0.4, 0.5) is 0 Å². The topological polar surface area (TPSA) is 68.9 Å². The average molecular weight is 312 g/mol. The molecular formula is C18H16O5. The monoisotopic (exact) mass is 312 g/mol. The Kier molecular flexibility index (Phi) is 3.93. The van der Waals surface area contributed by atoms with E-state index in [9.17, 15) is 9.90 Å². The van der Waals surface area contributed by atoms with Gasteiger partial charge in [0.1, 0.15) is 5.75 Å². The minimum absolute atomic E-state index is 0.129. The second kappa shape index (κ2) is 6.04. The zero-order valence-corrected chi connectivity index (χ0v) is 12.8. The van der Waals surface area contributed by atoms with Crippen molar-refractivity contribution in [1.29, 1.82) is 0 Å². The molecular weight excluding hydrogens is 296 g/mol. The number of aromatic hydroxyl groups is 1. The van der Waals surface area contributed by atoms with Crippen LogP contribution in [0.1, 0.15) is 11.1 Å². The van der Waals surface area contributed by atoms with Gasteiger partial charge in [-0.05, 0) is 29.8 Å². The Labute approximate surface area is 132 Å². The Bertz CT molecular complexity index is 911. The highest BCUT2D eigenvalue weighted by molar-refractivity contribution is 5.85. The van der Waals surface area contributed by atoms with Gasteiger partial charge in [0.2, 0.25) is 5.75 Å². The Balaban J connectivity index is 2.11. The zero-order chi connectivity index (χ0) is 16.4. The number of methoxy groups -OCH3 is 2. The van der Waals surface area contributed by atoms with Crippen molar-refractivity contribution in [2.24, 2.45) is 0 Å². The summed E-state index contributed by atoms with van der Waals surface area (Å²) in [7, 11) is 3.02. The normalized spacial score (nSPS) is 10.7. The van der Waals surface area contributed by atoms with Gasteiger partial charge in [0.15, 0.2) is 16.8 Å². The number of phenols is 1. The summed E-state index contributed by atoms with van der Waals surface area (Å²) in [4.78, 5) is 12.7. The molecule has 1 aromatic heterocycles. The Morgan fingerprint density at radius 3 is 2.65 bits per heavy atom. The molecule has 0 unspecified atom stereocenters. The van der Waals surface area contributed by atoms with Crippen LogP contribution in [0.2, 0.25) is 0 Å². The van der Waals surface area contributed by atoms with Crippen LogP contribution in [0.5, 0.6) is 17.2 Å². The predicted octanol–water partition coefficient (Wildman–Crippen LogP) is 3.11. The van der Waals surface area contributed by atoms with Crippen molar-refractivity contribution in [3.05, 3.63) is 64.0 Å². The highest BCUT2D eigenvalue weighted by Gasteiger charge is 2.15. The molecule has 3 aromatic rings. The third-order valence-corrected chi connectivity index (χ3v) is 3.66. The number of rotatable bonds is 4. The third-order valence-electron chi connectivity index (χ3n) is 3.66. The quantitative estimate of drug-likeness (QED) is 0.801. The smallest absolute Gasteiger partial charge is 0.204 e. The van der Waals surface area contributed by atoms with Gasteiger partial charge in [-0.15, -0.1) is 0 Å². The van der Waals surface area contributed by atoms with Crippen LogP contribution in [0.25, 0.3) is 11.0 Å². The molecule has 0 bridgehead atoms. The summed E-state index contributed by atoms with van der Waals surface area (Å²) >= 11 is 0. The van der Waals surface area contributed by atoms with Crippen molar-refractivity contribution < 1.29 is 19.0 Å². The van der Waals surface area contributed by atoms with E-state index in [0.29, 0.717) is 34.5 Å². The van der Waals surface area contributed by atoms with E-state index in [1.807, 2.05) is 6.07 Å². The lowest BCUT2D eigenvalue weighted by atomic mass is 10.0. The largest absolute Gasteiger partial charge is 0.508 e. The van der Waals surface area contributed by atoms with Crippen LogP contribution in [-0.2, 0) is 6.42 Å². The molecule has 2 aromatic carbocycles. The molecule has 0 amide bonds. The van der Waals surface area contributed by atoms with E-state index in [1.54, 1.807) is 30.3 Å². The van der Waals surface area contributed by atoms with Gasteiger partial charge in [-0.2, -0.15) is 0 Å². The first-order valence-electron chi connectivity index (χ1n) is 7.07. The van der Waals surface area contributed by atoms with Gasteiger partial charge in [0.25, 0.3) is 0 Å². The lowest BCUT2D eigenvalue weighted by molar-refractivity contribution is 0.353. The molecule has 0 aliphatic heterocycles. The molecule has 0 fully saturated rings. The number of phenolic OH excluding ortho intramolecular Hbond substituents is 1. The van der Waals surface area contributed by atoms with E-state index in [2.05, 4.69) is 0 Å². The predicted molar refractivity (Wildman–Crippen MR) is 86.5 cm³/mol. The van der Waals surface area contributed by atoms with E-state index < -0.39 is 0 Å². The molecule has 0 spiro atoms. The summed E-state index contributed by atoms with van der Waals surface area (Å²) < 4.78 is 16.1. The first-order valence-corrected chi connectivity index (χ1v) is 7.07. The summed E-state index contributed by atoms with van der Waals surface area (Å²) in [6, 6.07) is 10.1. The van der Waals surface area contributed by atoms with E-state index in [1.165, 1.54) is 20.5 Å². The summed E-state index contributed by atoms with van der Waals surface area (Å²) in [5.41, 5.74) is 1.57. The summed E-state index contributed by atoms with van der Waals surface area (Å²) in [6.07, 6.45) is 1.80. The fourth-order valence-corrected chi connectivity index (χ4v) is 2.56. The molecule has 0 saturated heterocycles. The minimum Gasteiger partial charge on any atom is -0.508 e. The average Bonchev–Trinajstić information content (AvgIpc) is 2.56. The molecule has 3 rings (SSSR count). The maximum Gasteiger partial charge on any atom is 0.204 e. The molecule has 0 saturated carbocycles. The molecule has 23 heavy (non-hydrogen) atoms. The summed E-state index contributed by atoms with van der Waals surface area (Å²) in [6.45, 7) is 0. The highest BCUT2D eigenvalue weighted by atomic mass is 16.5. The van der Waals surface area contributed by atoms with Crippen LogP contribution >= 0.6 is 0 Å². The second-order valence-electron chi connectivity index (χ2n) is 5.11. The lowest BCUT2D eigenvalue weighted by Crippen LogP contribution is -2.10. The fraction of sp³-hybridized carbons (Fsp3) is 0.167. The van der Waals surface area contributed by atoms with E-state index in [0.717, 1.165) is 5.56 Å². The van der Waals surface area contributed by atoms with Crippen LogP contribution in [-0.4, -0.2) is 19.3 Å². The number of benzene rings is 2. The van der Waals surface area contributed by atoms with Crippen molar-refractivity contribution in [3.8, 4) is 17.2 Å². The first-order chi connectivity index (χ1) is 11.1. The van der Waals surface area contributed by atoms with Crippen LogP contribution in [0.15, 0.2) is 51.9 Å². The first kappa shape index (κ1) is 15.0. The van der Waals surface area contributed by atoms with Crippen LogP contribution in [0, 0.1) is 0 Å². The fourth-order valence-electron chi connectivity index (χ4n) is 2.56. The third kappa shape index (κ3) is 2.73. The molecule has 1 N–H and O–H groups in total. The summed E-state index contributed by atoms with van der Waals surface area (Å²) in [5, 5.41) is 9.96. The Morgan fingerprint density at radius 2 is 1.96 bits per heavy atom.